The predicted octanol–water partition coefficient (Wildman–Crippen LogP) is 1.54. The van der Waals surface area contributed by atoms with Crippen molar-refractivity contribution < 1.29 is 9.90 Å². The number of aliphatic carboxylic acids is 1. The minimum atomic E-state index is -0.936. The summed E-state index contributed by atoms with van der Waals surface area (Å²) in [5.74, 6) is -0.936. The Morgan fingerprint density at radius 2 is 2.06 bits per heavy atom. The standard InChI is InChI=1S/C14H22N2O2/c1-10-4-5-12(8-11(10)2)9-16(3)7-6-13(15)14(17)18/h4-5,8,13H,6-7,9,15H2,1-3H3,(H,17,18). The van der Waals surface area contributed by atoms with E-state index >= 15 is 0 Å². The number of rotatable bonds is 6. The lowest BCUT2D eigenvalue weighted by Gasteiger charge is -2.18. The zero-order valence-electron chi connectivity index (χ0n) is 11.3. The Balaban J connectivity index is 2.46. The number of aryl methyl sites for hydroxylation is 2. The van der Waals surface area contributed by atoms with Gasteiger partial charge in [0.05, 0.1) is 0 Å². The zero-order chi connectivity index (χ0) is 13.7. The lowest BCUT2D eigenvalue weighted by molar-refractivity contribution is -0.138. The first-order valence-electron chi connectivity index (χ1n) is 6.13. The first-order valence-corrected chi connectivity index (χ1v) is 6.13. The van der Waals surface area contributed by atoms with Crippen molar-refractivity contribution in [3.8, 4) is 0 Å². The minimum Gasteiger partial charge on any atom is -0.480 e. The first-order chi connectivity index (χ1) is 8.40. The van der Waals surface area contributed by atoms with Crippen LogP contribution in [-0.2, 0) is 11.3 Å². The molecule has 4 nitrogen and oxygen atoms in total. The molecule has 0 aromatic heterocycles. The predicted molar refractivity (Wildman–Crippen MR) is 72.5 cm³/mol. The monoisotopic (exact) mass is 250 g/mol. The van der Waals surface area contributed by atoms with E-state index in [2.05, 4.69) is 36.9 Å². The minimum absolute atomic E-state index is 0.469. The normalized spacial score (nSPS) is 12.7. The molecule has 0 fully saturated rings. The van der Waals surface area contributed by atoms with Crippen molar-refractivity contribution in [3.05, 3.63) is 34.9 Å². The molecule has 0 saturated heterocycles. The third-order valence-electron chi connectivity index (χ3n) is 3.16. The van der Waals surface area contributed by atoms with Crippen LogP contribution in [-0.4, -0.2) is 35.6 Å². The van der Waals surface area contributed by atoms with E-state index in [-0.39, 0.29) is 0 Å². The summed E-state index contributed by atoms with van der Waals surface area (Å²) in [5, 5.41) is 8.71. The maximum absolute atomic E-state index is 10.6. The van der Waals surface area contributed by atoms with E-state index in [1.807, 2.05) is 7.05 Å². The molecule has 1 atom stereocenters. The van der Waals surface area contributed by atoms with Crippen molar-refractivity contribution in [1.82, 2.24) is 4.90 Å². The Kier molecular flexibility index (Phi) is 5.31. The zero-order valence-corrected chi connectivity index (χ0v) is 11.3. The van der Waals surface area contributed by atoms with Gasteiger partial charge in [0.25, 0.3) is 0 Å². The summed E-state index contributed by atoms with van der Waals surface area (Å²) in [6.07, 6.45) is 0.469. The highest BCUT2D eigenvalue weighted by Gasteiger charge is 2.12. The highest BCUT2D eigenvalue weighted by atomic mass is 16.4. The molecule has 100 valence electrons. The number of hydrogen-bond donors (Lipinski definition) is 2. The molecule has 1 unspecified atom stereocenters. The van der Waals surface area contributed by atoms with Crippen LogP contribution < -0.4 is 5.73 Å². The van der Waals surface area contributed by atoms with Gasteiger partial charge in [0.15, 0.2) is 0 Å². The third-order valence-corrected chi connectivity index (χ3v) is 3.16. The van der Waals surface area contributed by atoms with Crippen LogP contribution in [0.2, 0.25) is 0 Å². The highest BCUT2D eigenvalue weighted by Crippen LogP contribution is 2.11. The summed E-state index contributed by atoms with van der Waals surface area (Å²) in [6.45, 7) is 5.68. The number of nitrogens with zero attached hydrogens (tertiary/aromatic N) is 1. The summed E-state index contributed by atoms with van der Waals surface area (Å²) >= 11 is 0. The fourth-order valence-corrected chi connectivity index (χ4v) is 1.78. The second kappa shape index (κ2) is 6.52. The van der Waals surface area contributed by atoms with Gasteiger partial charge in [-0.1, -0.05) is 18.2 Å². The van der Waals surface area contributed by atoms with E-state index in [9.17, 15) is 4.79 Å². The average molecular weight is 250 g/mol. The first kappa shape index (κ1) is 14.7. The summed E-state index contributed by atoms with van der Waals surface area (Å²) < 4.78 is 0. The Morgan fingerprint density at radius 3 is 2.61 bits per heavy atom. The number of hydrogen-bond acceptors (Lipinski definition) is 3. The second-order valence-corrected chi connectivity index (χ2v) is 4.89. The largest absolute Gasteiger partial charge is 0.480 e. The Labute approximate surface area is 108 Å². The molecule has 0 aliphatic carbocycles. The molecule has 0 aliphatic heterocycles. The van der Waals surface area contributed by atoms with Crippen LogP contribution in [0.1, 0.15) is 23.1 Å². The van der Waals surface area contributed by atoms with Crippen LogP contribution in [0, 0.1) is 13.8 Å². The highest BCUT2D eigenvalue weighted by molar-refractivity contribution is 5.72. The van der Waals surface area contributed by atoms with Crippen LogP contribution in [0.5, 0.6) is 0 Å². The molecule has 0 spiro atoms. The van der Waals surface area contributed by atoms with Crippen molar-refractivity contribution in [2.45, 2.75) is 32.9 Å². The van der Waals surface area contributed by atoms with Gasteiger partial charge in [-0.15, -0.1) is 0 Å². The molecule has 0 amide bonds. The number of benzene rings is 1. The van der Waals surface area contributed by atoms with E-state index in [4.69, 9.17) is 10.8 Å². The van der Waals surface area contributed by atoms with Gasteiger partial charge in [-0.2, -0.15) is 0 Å². The summed E-state index contributed by atoms with van der Waals surface area (Å²) in [5.41, 5.74) is 9.28. The average Bonchev–Trinajstić information content (AvgIpc) is 2.30. The Hall–Kier alpha value is -1.39. The van der Waals surface area contributed by atoms with E-state index in [1.165, 1.54) is 16.7 Å². The number of carbonyl (C=O) groups is 1. The van der Waals surface area contributed by atoms with Crippen molar-refractivity contribution in [3.63, 3.8) is 0 Å². The van der Waals surface area contributed by atoms with E-state index in [1.54, 1.807) is 0 Å². The maximum Gasteiger partial charge on any atom is 0.320 e. The van der Waals surface area contributed by atoms with Gasteiger partial charge in [-0.3, -0.25) is 4.79 Å². The molecule has 0 aliphatic rings. The smallest absolute Gasteiger partial charge is 0.320 e. The summed E-state index contributed by atoms with van der Waals surface area (Å²) in [6, 6.07) is 5.62. The molecule has 0 saturated carbocycles. The van der Waals surface area contributed by atoms with E-state index in [0.29, 0.717) is 13.0 Å². The van der Waals surface area contributed by atoms with Gasteiger partial charge in [0.2, 0.25) is 0 Å². The van der Waals surface area contributed by atoms with Crippen molar-refractivity contribution in [1.29, 1.82) is 0 Å². The molecular weight excluding hydrogens is 228 g/mol. The number of carboxylic acid groups (broad SMARTS) is 1. The van der Waals surface area contributed by atoms with Crippen LogP contribution in [0.3, 0.4) is 0 Å². The molecule has 0 heterocycles. The van der Waals surface area contributed by atoms with E-state index < -0.39 is 12.0 Å². The molecular formula is C14H22N2O2. The van der Waals surface area contributed by atoms with Crippen LogP contribution in [0.15, 0.2) is 18.2 Å². The molecule has 0 radical (unpaired) electrons. The summed E-state index contributed by atoms with van der Waals surface area (Å²) in [7, 11) is 1.98. The second-order valence-electron chi connectivity index (χ2n) is 4.89. The van der Waals surface area contributed by atoms with Gasteiger partial charge in [-0.25, -0.2) is 0 Å². The topological polar surface area (TPSA) is 66.6 Å². The lowest BCUT2D eigenvalue weighted by Crippen LogP contribution is -2.34. The van der Waals surface area contributed by atoms with Crippen LogP contribution in [0.4, 0.5) is 0 Å². The van der Waals surface area contributed by atoms with Gasteiger partial charge in [0.1, 0.15) is 6.04 Å². The fourth-order valence-electron chi connectivity index (χ4n) is 1.78. The Bertz CT molecular complexity index is 418. The van der Waals surface area contributed by atoms with Gasteiger partial charge in [-0.05, 0) is 44.0 Å². The molecule has 1 aromatic rings. The van der Waals surface area contributed by atoms with Crippen LogP contribution >= 0.6 is 0 Å². The van der Waals surface area contributed by atoms with Crippen molar-refractivity contribution in [2.75, 3.05) is 13.6 Å². The fraction of sp³-hybridized carbons (Fsp3) is 0.500. The van der Waals surface area contributed by atoms with Gasteiger partial charge < -0.3 is 15.7 Å². The molecule has 1 rings (SSSR count). The molecule has 18 heavy (non-hydrogen) atoms. The lowest BCUT2D eigenvalue weighted by atomic mass is 10.1. The van der Waals surface area contributed by atoms with E-state index in [0.717, 1.165) is 6.54 Å². The van der Waals surface area contributed by atoms with Gasteiger partial charge in [0, 0.05) is 13.1 Å². The van der Waals surface area contributed by atoms with Crippen molar-refractivity contribution in [2.24, 2.45) is 5.73 Å². The molecule has 1 aromatic carbocycles. The third kappa shape index (κ3) is 4.47. The number of nitrogens with two attached hydrogens (primary N) is 1. The molecule has 3 N–H and O–H groups in total. The van der Waals surface area contributed by atoms with Crippen LogP contribution in [0.25, 0.3) is 0 Å². The molecule has 0 bridgehead atoms. The summed E-state index contributed by atoms with van der Waals surface area (Å²) in [4.78, 5) is 12.7. The quantitative estimate of drug-likeness (QED) is 0.803. The maximum atomic E-state index is 10.6. The number of carboxylic acids is 1. The van der Waals surface area contributed by atoms with Gasteiger partial charge >= 0.3 is 5.97 Å². The molecule has 4 heteroatoms. The SMILES string of the molecule is Cc1ccc(CN(C)CCC(N)C(=O)O)cc1C. The Morgan fingerprint density at radius 1 is 1.39 bits per heavy atom. The van der Waals surface area contributed by atoms with Crippen molar-refractivity contribution >= 4 is 5.97 Å².